The number of nitrogens with zero attached hydrogens (tertiary/aromatic N) is 1. The highest BCUT2D eigenvalue weighted by Crippen LogP contribution is 2.10. The van der Waals surface area contributed by atoms with Crippen molar-refractivity contribution in [3.63, 3.8) is 0 Å². The molecule has 2 N–H and O–H groups in total. The van der Waals surface area contributed by atoms with Crippen LogP contribution in [0, 0.1) is 5.92 Å². The molecule has 2 rings (SSSR count). The molecule has 1 aromatic heterocycles. The van der Waals surface area contributed by atoms with Crippen LogP contribution in [-0.2, 0) is 13.2 Å². The Morgan fingerprint density at radius 2 is 2.07 bits per heavy atom. The molecule has 0 unspecified atom stereocenters. The van der Waals surface area contributed by atoms with Gasteiger partial charge in [0.25, 0.3) is 5.82 Å². The van der Waals surface area contributed by atoms with Gasteiger partial charge in [-0.1, -0.05) is 26.0 Å². The normalized spacial score (nSPS) is 11.5. The van der Waals surface area contributed by atoms with E-state index in [1.54, 1.807) is 0 Å². The van der Waals surface area contributed by atoms with Crippen LogP contribution in [0.3, 0.4) is 0 Å². The number of nitrogens with one attached hydrogen (secondary N) is 1. The van der Waals surface area contributed by atoms with Crippen LogP contribution in [0.1, 0.15) is 19.7 Å². The SMILES string of the molecule is CC(C)C[n+]1c(CO)[nH]c2ccccc21. The molecule has 0 aliphatic rings. The Balaban J connectivity index is 2.56. The second-order valence-corrected chi connectivity index (χ2v) is 4.25. The quantitative estimate of drug-likeness (QED) is 0.734. The van der Waals surface area contributed by atoms with Gasteiger partial charge in [0, 0.05) is 0 Å². The zero-order valence-electron chi connectivity index (χ0n) is 9.20. The first-order chi connectivity index (χ1) is 7.22. The first kappa shape index (κ1) is 10.2. The first-order valence-electron chi connectivity index (χ1n) is 5.32. The zero-order valence-corrected chi connectivity index (χ0v) is 9.20. The van der Waals surface area contributed by atoms with Gasteiger partial charge in [0.05, 0.1) is 6.54 Å². The molecule has 0 amide bonds. The molecule has 1 heterocycles. The summed E-state index contributed by atoms with van der Waals surface area (Å²) in [6, 6.07) is 8.13. The van der Waals surface area contributed by atoms with E-state index >= 15 is 0 Å². The second-order valence-electron chi connectivity index (χ2n) is 4.25. The minimum Gasteiger partial charge on any atom is -0.384 e. The topological polar surface area (TPSA) is 39.9 Å². The van der Waals surface area contributed by atoms with Crippen molar-refractivity contribution in [2.24, 2.45) is 5.92 Å². The van der Waals surface area contributed by atoms with E-state index in [1.807, 2.05) is 18.2 Å². The summed E-state index contributed by atoms with van der Waals surface area (Å²) in [5.74, 6) is 1.45. The maximum absolute atomic E-state index is 9.28. The van der Waals surface area contributed by atoms with E-state index in [9.17, 15) is 5.11 Å². The summed E-state index contributed by atoms with van der Waals surface area (Å²) in [6.07, 6.45) is 0. The highest BCUT2D eigenvalue weighted by atomic mass is 16.3. The average Bonchev–Trinajstić information content (AvgIpc) is 2.56. The van der Waals surface area contributed by atoms with Crippen LogP contribution >= 0.6 is 0 Å². The molecule has 2 aromatic rings. The Hall–Kier alpha value is -1.35. The van der Waals surface area contributed by atoms with E-state index in [2.05, 4.69) is 29.5 Å². The third-order valence-electron chi connectivity index (χ3n) is 2.50. The highest BCUT2D eigenvalue weighted by Gasteiger charge is 2.17. The van der Waals surface area contributed by atoms with Gasteiger partial charge in [-0.05, 0) is 18.1 Å². The van der Waals surface area contributed by atoms with Crippen LogP contribution in [0.25, 0.3) is 11.0 Å². The van der Waals surface area contributed by atoms with Crippen molar-refractivity contribution in [1.82, 2.24) is 4.98 Å². The molecule has 0 bridgehead atoms. The number of aromatic amines is 1. The van der Waals surface area contributed by atoms with Crippen molar-refractivity contribution in [2.45, 2.75) is 27.0 Å². The van der Waals surface area contributed by atoms with Gasteiger partial charge in [0.15, 0.2) is 11.0 Å². The van der Waals surface area contributed by atoms with Gasteiger partial charge in [0.1, 0.15) is 6.61 Å². The number of imidazole rings is 1. The summed E-state index contributed by atoms with van der Waals surface area (Å²) >= 11 is 0. The Kier molecular flexibility index (Phi) is 2.73. The summed E-state index contributed by atoms with van der Waals surface area (Å²) in [7, 11) is 0. The Bertz CT molecular complexity index is 460. The molecule has 0 spiro atoms. The van der Waals surface area contributed by atoms with Crippen molar-refractivity contribution in [3.05, 3.63) is 30.1 Å². The molecular formula is C12H17N2O+. The molecule has 0 aliphatic carbocycles. The molecule has 1 aromatic carbocycles. The smallest absolute Gasteiger partial charge is 0.281 e. The standard InChI is InChI=1S/C12H16N2O/c1-9(2)7-14-11-6-4-3-5-10(11)13-12(14)8-15/h3-6,9,15H,7-8H2,1-2H3/p+1. The van der Waals surface area contributed by atoms with Crippen LogP contribution in [0.4, 0.5) is 0 Å². The third kappa shape index (κ3) is 1.88. The number of aromatic nitrogens is 2. The predicted molar refractivity (Wildman–Crippen MR) is 59.3 cm³/mol. The highest BCUT2D eigenvalue weighted by molar-refractivity contribution is 5.70. The molecular weight excluding hydrogens is 188 g/mol. The molecule has 0 radical (unpaired) electrons. The number of hydrogen-bond acceptors (Lipinski definition) is 1. The predicted octanol–water partition coefficient (Wildman–Crippen LogP) is 1.60. The van der Waals surface area contributed by atoms with Gasteiger partial charge in [-0.25, -0.2) is 9.55 Å². The van der Waals surface area contributed by atoms with Crippen molar-refractivity contribution >= 4 is 11.0 Å². The van der Waals surface area contributed by atoms with Gasteiger partial charge < -0.3 is 5.11 Å². The lowest BCUT2D eigenvalue weighted by Gasteiger charge is -2.03. The van der Waals surface area contributed by atoms with E-state index < -0.39 is 0 Å². The molecule has 0 aliphatic heterocycles. The minimum atomic E-state index is 0.0569. The Labute approximate surface area is 89.4 Å². The molecule has 80 valence electrons. The van der Waals surface area contributed by atoms with Crippen LogP contribution < -0.4 is 4.57 Å². The lowest BCUT2D eigenvalue weighted by molar-refractivity contribution is -0.686. The summed E-state index contributed by atoms with van der Waals surface area (Å²) in [4.78, 5) is 3.23. The van der Waals surface area contributed by atoms with Crippen molar-refractivity contribution in [2.75, 3.05) is 0 Å². The van der Waals surface area contributed by atoms with Gasteiger partial charge in [0.2, 0.25) is 0 Å². The van der Waals surface area contributed by atoms with Gasteiger partial charge >= 0.3 is 0 Å². The fraction of sp³-hybridized carbons (Fsp3) is 0.417. The third-order valence-corrected chi connectivity index (χ3v) is 2.50. The molecule has 0 saturated carbocycles. The molecule has 3 nitrogen and oxygen atoms in total. The van der Waals surface area contributed by atoms with Gasteiger partial charge in [-0.15, -0.1) is 0 Å². The summed E-state index contributed by atoms with van der Waals surface area (Å²) < 4.78 is 2.15. The lowest BCUT2D eigenvalue weighted by atomic mass is 10.2. The molecule has 0 fully saturated rings. The van der Waals surface area contributed by atoms with E-state index in [4.69, 9.17) is 0 Å². The first-order valence-corrected chi connectivity index (χ1v) is 5.32. The van der Waals surface area contributed by atoms with Crippen LogP contribution in [0.5, 0.6) is 0 Å². The molecule has 15 heavy (non-hydrogen) atoms. The van der Waals surface area contributed by atoms with Crippen molar-refractivity contribution < 1.29 is 9.67 Å². The van der Waals surface area contributed by atoms with Gasteiger partial charge in [-0.3, -0.25) is 0 Å². The average molecular weight is 205 g/mol. The number of aliphatic hydroxyl groups excluding tert-OH is 1. The number of fused-ring (bicyclic) bond motifs is 1. The summed E-state index contributed by atoms with van der Waals surface area (Å²) in [6.45, 7) is 5.34. The Morgan fingerprint density at radius 1 is 1.33 bits per heavy atom. The largest absolute Gasteiger partial charge is 0.384 e. The maximum Gasteiger partial charge on any atom is 0.281 e. The van der Waals surface area contributed by atoms with E-state index in [0.717, 1.165) is 23.4 Å². The number of aliphatic hydroxyl groups is 1. The van der Waals surface area contributed by atoms with E-state index in [0.29, 0.717) is 5.92 Å². The van der Waals surface area contributed by atoms with Crippen molar-refractivity contribution in [3.8, 4) is 0 Å². The molecule has 0 saturated heterocycles. The van der Waals surface area contributed by atoms with Gasteiger partial charge in [-0.2, -0.15) is 0 Å². The zero-order chi connectivity index (χ0) is 10.8. The number of benzene rings is 1. The minimum absolute atomic E-state index is 0.0569. The fourth-order valence-electron chi connectivity index (χ4n) is 1.88. The number of H-pyrrole nitrogens is 1. The molecule has 0 atom stereocenters. The van der Waals surface area contributed by atoms with Crippen LogP contribution in [0.2, 0.25) is 0 Å². The number of rotatable bonds is 3. The maximum atomic E-state index is 9.28. The van der Waals surface area contributed by atoms with Crippen molar-refractivity contribution in [1.29, 1.82) is 0 Å². The lowest BCUT2D eigenvalue weighted by Crippen LogP contribution is -2.39. The monoisotopic (exact) mass is 205 g/mol. The van der Waals surface area contributed by atoms with Crippen LogP contribution in [-0.4, -0.2) is 10.1 Å². The summed E-state index contributed by atoms with van der Waals surface area (Å²) in [5.41, 5.74) is 2.25. The van der Waals surface area contributed by atoms with E-state index in [-0.39, 0.29) is 6.61 Å². The number of para-hydroxylation sites is 2. The second kappa shape index (κ2) is 4.03. The van der Waals surface area contributed by atoms with E-state index in [1.165, 1.54) is 0 Å². The van der Waals surface area contributed by atoms with Crippen LogP contribution in [0.15, 0.2) is 24.3 Å². The fourth-order valence-corrected chi connectivity index (χ4v) is 1.88. The number of hydrogen-bond donors (Lipinski definition) is 2. The Morgan fingerprint density at radius 3 is 2.73 bits per heavy atom. The molecule has 3 heteroatoms. The summed E-state index contributed by atoms with van der Waals surface area (Å²) in [5, 5.41) is 9.28.